The van der Waals surface area contributed by atoms with Crippen molar-refractivity contribution in [3.63, 3.8) is 0 Å². The van der Waals surface area contributed by atoms with Crippen LogP contribution in [0.4, 0.5) is 0 Å². The summed E-state index contributed by atoms with van der Waals surface area (Å²) in [5, 5.41) is -2.08. The molecule has 2 rings (SSSR count). The average molecular weight is 374 g/mol. The Hall–Kier alpha value is -1.71. The van der Waals surface area contributed by atoms with Crippen LogP contribution in [0.5, 0.6) is 11.5 Å². The first-order valence-electron chi connectivity index (χ1n) is 6.85. The van der Waals surface area contributed by atoms with E-state index in [1.165, 1.54) is 24.3 Å². The summed E-state index contributed by atoms with van der Waals surface area (Å²) in [6.45, 7) is 0. The zero-order valence-corrected chi connectivity index (χ0v) is 16.2. The molecule has 2 aromatic rings. The smallest absolute Gasteiger partial charge is 1.00 e. The molecule has 0 aliphatic carbocycles. The van der Waals surface area contributed by atoms with Crippen LogP contribution in [0, 0.1) is 0 Å². The summed E-state index contributed by atoms with van der Waals surface area (Å²) in [5.74, 6) is -1.98. The summed E-state index contributed by atoms with van der Waals surface area (Å²) in [4.78, 5) is 23.8. The van der Waals surface area contributed by atoms with Crippen LogP contribution < -0.4 is 39.0 Å². The van der Waals surface area contributed by atoms with Crippen LogP contribution in [0.2, 0.25) is 0 Å². The molecular formula is C16H15NaO7S. The standard InChI is InChI=1S/C16H14O7S.Na.H/c17-15(22-12-7-3-1-4-8-12)11-14(24(19,20)21)16(18)23-13-9-5-2-6-10-13;;/h1-10,14H,11H2,(H,19,20,21);;/q;+1;-1. The second-order valence-electron chi connectivity index (χ2n) is 4.73. The number of esters is 2. The van der Waals surface area contributed by atoms with Crippen molar-refractivity contribution in [2.75, 3.05) is 0 Å². The Morgan fingerprint density at radius 3 is 1.80 bits per heavy atom. The molecule has 0 aromatic heterocycles. The normalized spacial score (nSPS) is 11.7. The van der Waals surface area contributed by atoms with Gasteiger partial charge in [-0.25, -0.2) is 0 Å². The van der Waals surface area contributed by atoms with Gasteiger partial charge in [0.2, 0.25) is 0 Å². The third-order valence-electron chi connectivity index (χ3n) is 2.91. The SMILES string of the molecule is O=C(CC(C(=O)Oc1ccccc1)S(=O)(=O)O)Oc1ccccc1.[H-].[Na+]. The zero-order chi connectivity index (χ0) is 17.6. The molecule has 2 aromatic carbocycles. The summed E-state index contributed by atoms with van der Waals surface area (Å²) in [5.41, 5.74) is 0. The van der Waals surface area contributed by atoms with E-state index >= 15 is 0 Å². The Labute approximate surface area is 168 Å². The fourth-order valence-corrected chi connectivity index (χ4v) is 2.43. The van der Waals surface area contributed by atoms with Crippen LogP contribution >= 0.6 is 0 Å². The van der Waals surface area contributed by atoms with Gasteiger partial charge in [-0.2, -0.15) is 8.42 Å². The van der Waals surface area contributed by atoms with Crippen molar-refractivity contribution in [3.8, 4) is 11.5 Å². The first-order valence-corrected chi connectivity index (χ1v) is 8.35. The molecule has 0 aliphatic heterocycles. The van der Waals surface area contributed by atoms with Crippen LogP contribution in [-0.4, -0.2) is 30.2 Å². The molecule has 25 heavy (non-hydrogen) atoms. The van der Waals surface area contributed by atoms with E-state index in [0.717, 1.165) is 0 Å². The van der Waals surface area contributed by atoms with E-state index in [1.807, 2.05) is 0 Å². The first kappa shape index (κ1) is 21.3. The average Bonchev–Trinajstić information content (AvgIpc) is 2.53. The van der Waals surface area contributed by atoms with Gasteiger partial charge in [-0.1, -0.05) is 36.4 Å². The van der Waals surface area contributed by atoms with E-state index in [-0.39, 0.29) is 42.5 Å². The van der Waals surface area contributed by atoms with Gasteiger partial charge in [0.25, 0.3) is 10.1 Å². The van der Waals surface area contributed by atoms with Crippen LogP contribution in [0.1, 0.15) is 7.85 Å². The van der Waals surface area contributed by atoms with Gasteiger partial charge in [0.15, 0.2) is 5.25 Å². The molecule has 128 valence electrons. The number of carbonyl (C=O) groups excluding carboxylic acids is 2. The fraction of sp³-hybridized carbons (Fsp3) is 0.125. The van der Waals surface area contributed by atoms with Gasteiger partial charge >= 0.3 is 41.5 Å². The van der Waals surface area contributed by atoms with Crippen molar-refractivity contribution in [2.24, 2.45) is 0 Å². The van der Waals surface area contributed by atoms with Crippen LogP contribution in [0.3, 0.4) is 0 Å². The fourth-order valence-electron chi connectivity index (χ4n) is 1.79. The zero-order valence-electron chi connectivity index (χ0n) is 14.4. The number of para-hydroxylation sites is 2. The Bertz CT molecular complexity index is 813. The van der Waals surface area contributed by atoms with Gasteiger partial charge in [-0.05, 0) is 24.3 Å². The predicted octanol–water partition coefficient (Wildman–Crippen LogP) is -1.04. The Morgan fingerprint density at radius 1 is 0.920 bits per heavy atom. The Morgan fingerprint density at radius 2 is 1.36 bits per heavy atom. The molecule has 1 unspecified atom stereocenters. The maximum Gasteiger partial charge on any atom is 1.00 e. The number of rotatable bonds is 6. The molecule has 0 heterocycles. The largest absolute Gasteiger partial charge is 1.00 e. The molecule has 0 amide bonds. The van der Waals surface area contributed by atoms with Gasteiger partial charge < -0.3 is 10.9 Å². The number of ether oxygens (including phenoxy) is 2. The predicted molar refractivity (Wildman–Crippen MR) is 85.2 cm³/mol. The van der Waals surface area contributed by atoms with Crippen molar-refractivity contribution < 1.29 is 63.0 Å². The molecule has 7 nitrogen and oxygen atoms in total. The van der Waals surface area contributed by atoms with Gasteiger partial charge in [-0.15, -0.1) is 0 Å². The summed E-state index contributed by atoms with van der Waals surface area (Å²) >= 11 is 0. The van der Waals surface area contributed by atoms with Gasteiger partial charge in [0, 0.05) is 0 Å². The molecule has 0 radical (unpaired) electrons. The molecule has 0 fully saturated rings. The maximum atomic E-state index is 12.0. The summed E-state index contributed by atoms with van der Waals surface area (Å²) in [7, 11) is -4.85. The minimum absolute atomic E-state index is 0. The van der Waals surface area contributed by atoms with E-state index in [9.17, 15) is 22.6 Å². The third-order valence-corrected chi connectivity index (χ3v) is 3.99. The topological polar surface area (TPSA) is 107 Å². The van der Waals surface area contributed by atoms with Crippen LogP contribution in [-0.2, 0) is 19.7 Å². The molecular weight excluding hydrogens is 359 g/mol. The molecule has 0 spiro atoms. The Balaban J connectivity index is 0.00000312. The summed E-state index contributed by atoms with van der Waals surface area (Å²) in [6.07, 6.45) is -0.876. The van der Waals surface area contributed by atoms with Gasteiger partial charge in [0.1, 0.15) is 11.5 Å². The van der Waals surface area contributed by atoms with Gasteiger partial charge in [0.05, 0.1) is 6.42 Å². The van der Waals surface area contributed by atoms with Crippen molar-refractivity contribution in [2.45, 2.75) is 11.7 Å². The molecule has 0 saturated carbocycles. The molecule has 1 N–H and O–H groups in total. The Kier molecular flexibility index (Phi) is 8.27. The molecule has 9 heteroatoms. The minimum atomic E-state index is -4.85. The summed E-state index contributed by atoms with van der Waals surface area (Å²) in [6, 6.07) is 15.6. The van der Waals surface area contributed by atoms with E-state index in [1.54, 1.807) is 36.4 Å². The monoisotopic (exact) mass is 374 g/mol. The number of hydrogen-bond donors (Lipinski definition) is 1. The molecule has 1 atom stereocenters. The van der Waals surface area contributed by atoms with E-state index in [4.69, 9.17) is 9.47 Å². The summed E-state index contributed by atoms with van der Waals surface area (Å²) < 4.78 is 41.8. The second-order valence-corrected chi connectivity index (χ2v) is 6.33. The van der Waals surface area contributed by atoms with Crippen molar-refractivity contribution in [1.29, 1.82) is 0 Å². The number of hydrogen-bond acceptors (Lipinski definition) is 6. The maximum absolute atomic E-state index is 12.0. The molecule has 0 aliphatic rings. The van der Waals surface area contributed by atoms with Crippen LogP contribution in [0.15, 0.2) is 60.7 Å². The number of carbonyl (C=O) groups is 2. The van der Waals surface area contributed by atoms with Crippen LogP contribution in [0.25, 0.3) is 0 Å². The molecule has 0 bridgehead atoms. The van der Waals surface area contributed by atoms with Crippen molar-refractivity contribution in [3.05, 3.63) is 60.7 Å². The first-order chi connectivity index (χ1) is 11.4. The number of benzene rings is 2. The van der Waals surface area contributed by atoms with E-state index in [0.29, 0.717) is 0 Å². The minimum Gasteiger partial charge on any atom is -1.00 e. The second kappa shape index (κ2) is 9.69. The van der Waals surface area contributed by atoms with E-state index < -0.39 is 33.7 Å². The quantitative estimate of drug-likeness (QED) is 0.298. The van der Waals surface area contributed by atoms with Gasteiger partial charge in [-0.3, -0.25) is 14.1 Å². The molecule has 0 saturated heterocycles. The van der Waals surface area contributed by atoms with Crippen molar-refractivity contribution in [1.82, 2.24) is 0 Å². The van der Waals surface area contributed by atoms with Crippen molar-refractivity contribution >= 4 is 22.1 Å². The third kappa shape index (κ3) is 6.97. The van der Waals surface area contributed by atoms with E-state index in [2.05, 4.69) is 0 Å².